The van der Waals surface area contributed by atoms with E-state index in [1.54, 1.807) is 7.11 Å². The van der Waals surface area contributed by atoms with Crippen molar-refractivity contribution in [1.82, 2.24) is 5.32 Å². The zero-order valence-corrected chi connectivity index (χ0v) is 10.1. The molecule has 3 nitrogen and oxygen atoms in total. The molecule has 1 aliphatic rings. The number of methoxy groups -OCH3 is 1. The van der Waals surface area contributed by atoms with Crippen molar-refractivity contribution in [3.63, 3.8) is 0 Å². The van der Waals surface area contributed by atoms with Crippen molar-refractivity contribution in [3.05, 3.63) is 0 Å². The predicted molar refractivity (Wildman–Crippen MR) is 63.1 cm³/mol. The molecule has 82 valence electrons. The highest BCUT2D eigenvalue weighted by molar-refractivity contribution is 8.14. The van der Waals surface area contributed by atoms with Gasteiger partial charge < -0.3 is 10.1 Å². The Hall–Kier alpha value is -0.220. The van der Waals surface area contributed by atoms with Crippen LogP contribution in [0.15, 0.2) is 4.99 Å². The van der Waals surface area contributed by atoms with Gasteiger partial charge in [-0.05, 0) is 13.3 Å². The fourth-order valence-electron chi connectivity index (χ4n) is 1.47. The van der Waals surface area contributed by atoms with Crippen LogP contribution in [0.5, 0.6) is 0 Å². The number of thioether (sulfide) groups is 1. The molecular weight excluding hydrogens is 196 g/mol. The van der Waals surface area contributed by atoms with Crippen LogP contribution in [-0.4, -0.2) is 36.7 Å². The van der Waals surface area contributed by atoms with Crippen LogP contribution in [0.25, 0.3) is 0 Å². The van der Waals surface area contributed by atoms with E-state index in [2.05, 4.69) is 24.2 Å². The van der Waals surface area contributed by atoms with Gasteiger partial charge in [-0.1, -0.05) is 25.1 Å². The number of nitrogens with one attached hydrogen (secondary N) is 1. The summed E-state index contributed by atoms with van der Waals surface area (Å²) in [6, 6.07) is 0.883. The molecule has 1 aliphatic heterocycles. The molecule has 0 bridgehead atoms. The van der Waals surface area contributed by atoms with Crippen LogP contribution >= 0.6 is 11.8 Å². The van der Waals surface area contributed by atoms with E-state index in [-0.39, 0.29) is 0 Å². The summed E-state index contributed by atoms with van der Waals surface area (Å²) in [5.41, 5.74) is 0. The van der Waals surface area contributed by atoms with E-state index in [0.717, 1.165) is 23.9 Å². The van der Waals surface area contributed by atoms with Crippen LogP contribution in [0.3, 0.4) is 0 Å². The van der Waals surface area contributed by atoms with E-state index >= 15 is 0 Å². The quantitative estimate of drug-likeness (QED) is 0.762. The molecular formula is C10H20N2OS. The molecule has 0 aromatic carbocycles. The van der Waals surface area contributed by atoms with Gasteiger partial charge in [0.2, 0.25) is 0 Å². The summed E-state index contributed by atoms with van der Waals surface area (Å²) in [6.45, 7) is 5.10. The number of amidine groups is 1. The smallest absolute Gasteiger partial charge is 0.157 e. The van der Waals surface area contributed by atoms with Crippen LogP contribution in [-0.2, 0) is 4.74 Å². The lowest BCUT2D eigenvalue weighted by molar-refractivity contribution is 0.170. The molecule has 0 saturated carbocycles. The summed E-state index contributed by atoms with van der Waals surface area (Å²) in [7, 11) is 1.75. The Morgan fingerprint density at radius 1 is 1.71 bits per heavy atom. The predicted octanol–water partition coefficient (Wildman–Crippen LogP) is 1.88. The van der Waals surface area contributed by atoms with Gasteiger partial charge in [-0.25, -0.2) is 0 Å². The SMILES string of the molecule is CCCC(COC)NC1=NC(C)CS1. The monoisotopic (exact) mass is 216 g/mol. The van der Waals surface area contributed by atoms with Crippen LogP contribution in [0, 0.1) is 0 Å². The maximum absolute atomic E-state index is 5.17. The first-order valence-electron chi connectivity index (χ1n) is 5.22. The van der Waals surface area contributed by atoms with Crippen LogP contribution < -0.4 is 5.32 Å². The highest BCUT2D eigenvalue weighted by Gasteiger charge is 2.16. The third-order valence-corrected chi connectivity index (χ3v) is 3.28. The molecule has 1 heterocycles. The second-order valence-electron chi connectivity index (χ2n) is 3.68. The summed E-state index contributed by atoms with van der Waals surface area (Å²) in [5, 5.41) is 4.53. The minimum Gasteiger partial charge on any atom is -0.383 e. The topological polar surface area (TPSA) is 33.6 Å². The molecule has 2 unspecified atom stereocenters. The molecule has 0 aromatic rings. The van der Waals surface area contributed by atoms with Gasteiger partial charge in [0.15, 0.2) is 5.17 Å². The second kappa shape index (κ2) is 6.30. The van der Waals surface area contributed by atoms with Gasteiger partial charge in [-0.3, -0.25) is 4.99 Å². The summed E-state index contributed by atoms with van der Waals surface area (Å²) in [5.74, 6) is 1.11. The third-order valence-electron chi connectivity index (χ3n) is 2.13. The number of nitrogens with zero attached hydrogens (tertiary/aromatic N) is 1. The molecule has 0 aromatic heterocycles. The summed E-state index contributed by atoms with van der Waals surface area (Å²) >= 11 is 1.81. The van der Waals surface area contributed by atoms with E-state index in [0.29, 0.717) is 12.1 Å². The zero-order valence-electron chi connectivity index (χ0n) is 9.25. The minimum atomic E-state index is 0.418. The zero-order chi connectivity index (χ0) is 10.4. The lowest BCUT2D eigenvalue weighted by Crippen LogP contribution is -2.35. The Kier molecular flexibility index (Phi) is 5.33. The molecule has 14 heavy (non-hydrogen) atoms. The van der Waals surface area contributed by atoms with E-state index in [9.17, 15) is 0 Å². The normalized spacial score (nSPS) is 23.4. The van der Waals surface area contributed by atoms with Gasteiger partial charge in [-0.15, -0.1) is 0 Å². The molecule has 0 aliphatic carbocycles. The fourth-order valence-corrected chi connectivity index (χ4v) is 2.45. The molecule has 4 heteroatoms. The Labute approximate surface area is 90.7 Å². The highest BCUT2D eigenvalue weighted by atomic mass is 32.2. The molecule has 2 atom stereocenters. The molecule has 0 saturated heterocycles. The molecule has 0 amide bonds. The largest absolute Gasteiger partial charge is 0.383 e. The van der Waals surface area contributed by atoms with Gasteiger partial charge in [0.05, 0.1) is 18.7 Å². The Bertz CT molecular complexity index is 191. The Morgan fingerprint density at radius 3 is 3.00 bits per heavy atom. The Balaban J connectivity index is 2.34. The first kappa shape index (κ1) is 11.9. The maximum atomic E-state index is 5.17. The van der Waals surface area contributed by atoms with Crippen LogP contribution in [0.2, 0.25) is 0 Å². The van der Waals surface area contributed by atoms with Crippen molar-refractivity contribution in [1.29, 1.82) is 0 Å². The average molecular weight is 216 g/mol. The van der Waals surface area contributed by atoms with Crippen LogP contribution in [0.1, 0.15) is 26.7 Å². The van der Waals surface area contributed by atoms with Crippen molar-refractivity contribution in [3.8, 4) is 0 Å². The summed E-state index contributed by atoms with van der Waals surface area (Å²) in [4.78, 5) is 4.51. The van der Waals surface area contributed by atoms with E-state index in [1.807, 2.05) is 11.8 Å². The fraction of sp³-hybridized carbons (Fsp3) is 0.900. The van der Waals surface area contributed by atoms with Gasteiger partial charge in [0.1, 0.15) is 0 Å². The maximum Gasteiger partial charge on any atom is 0.157 e. The summed E-state index contributed by atoms with van der Waals surface area (Å²) in [6.07, 6.45) is 2.32. The second-order valence-corrected chi connectivity index (χ2v) is 4.69. The number of hydrogen-bond donors (Lipinski definition) is 1. The lowest BCUT2D eigenvalue weighted by atomic mass is 10.2. The van der Waals surface area contributed by atoms with Gasteiger partial charge in [0, 0.05) is 12.9 Å². The molecule has 0 spiro atoms. The van der Waals surface area contributed by atoms with Gasteiger partial charge in [0.25, 0.3) is 0 Å². The minimum absolute atomic E-state index is 0.418. The van der Waals surface area contributed by atoms with Crippen molar-refractivity contribution in [2.75, 3.05) is 19.5 Å². The summed E-state index contributed by atoms with van der Waals surface area (Å²) < 4.78 is 5.17. The third kappa shape index (κ3) is 3.88. The van der Waals surface area contributed by atoms with Gasteiger partial charge in [-0.2, -0.15) is 0 Å². The number of ether oxygens (including phenoxy) is 1. The molecule has 0 fully saturated rings. The lowest BCUT2D eigenvalue weighted by Gasteiger charge is -2.17. The molecule has 0 radical (unpaired) electrons. The van der Waals surface area contributed by atoms with Crippen molar-refractivity contribution < 1.29 is 4.74 Å². The van der Waals surface area contributed by atoms with E-state index < -0.39 is 0 Å². The Morgan fingerprint density at radius 2 is 2.50 bits per heavy atom. The van der Waals surface area contributed by atoms with E-state index in [4.69, 9.17) is 4.74 Å². The number of aliphatic imine (C=N–C) groups is 1. The molecule has 1 N–H and O–H groups in total. The van der Waals surface area contributed by atoms with Crippen molar-refractivity contribution in [2.24, 2.45) is 4.99 Å². The standard InChI is InChI=1S/C10H20N2OS/c1-4-5-9(6-13-3)12-10-11-8(2)7-14-10/h8-9H,4-7H2,1-3H3,(H,11,12). The highest BCUT2D eigenvalue weighted by Crippen LogP contribution is 2.16. The van der Waals surface area contributed by atoms with E-state index in [1.165, 1.54) is 6.42 Å². The first-order valence-corrected chi connectivity index (χ1v) is 6.21. The van der Waals surface area contributed by atoms with Gasteiger partial charge >= 0.3 is 0 Å². The van der Waals surface area contributed by atoms with Crippen LogP contribution in [0.4, 0.5) is 0 Å². The molecule has 1 rings (SSSR count). The number of hydrogen-bond acceptors (Lipinski definition) is 4. The van der Waals surface area contributed by atoms with Crippen molar-refractivity contribution >= 4 is 16.9 Å². The van der Waals surface area contributed by atoms with Crippen molar-refractivity contribution in [2.45, 2.75) is 38.8 Å². The first-order chi connectivity index (χ1) is 6.76. The number of rotatable bonds is 5. The average Bonchev–Trinajstić information content (AvgIpc) is 2.52.